The number of hydrogen-bond acceptors (Lipinski definition) is 4. The molecule has 0 aliphatic rings. The molecule has 0 aliphatic carbocycles. The van der Waals surface area contributed by atoms with E-state index in [2.05, 4.69) is 16.0 Å². The predicted molar refractivity (Wildman–Crippen MR) is 62.3 cm³/mol. The first-order valence-corrected chi connectivity index (χ1v) is 5.62. The molecular weight excluding hydrogens is 242 g/mol. The van der Waals surface area contributed by atoms with Crippen molar-refractivity contribution in [2.24, 2.45) is 0 Å². The van der Waals surface area contributed by atoms with Crippen LogP contribution in [0.2, 0.25) is 5.02 Å². The Balaban J connectivity index is 2.35. The van der Waals surface area contributed by atoms with Crippen LogP contribution in [0.5, 0.6) is 0 Å². The second-order valence-electron chi connectivity index (χ2n) is 2.90. The van der Waals surface area contributed by atoms with Crippen molar-refractivity contribution in [2.75, 3.05) is 0 Å². The molecule has 0 amide bonds. The maximum Gasteiger partial charge on any atom is 0.116 e. The van der Waals surface area contributed by atoms with E-state index in [9.17, 15) is 0 Å². The molecule has 1 heterocycles. The van der Waals surface area contributed by atoms with E-state index in [1.165, 1.54) is 18.1 Å². The fourth-order valence-corrected chi connectivity index (χ4v) is 2.22. The lowest BCUT2D eigenvalue weighted by molar-refractivity contribution is 1.05. The molecule has 16 heavy (non-hydrogen) atoms. The summed E-state index contributed by atoms with van der Waals surface area (Å²) in [6.45, 7) is 0. The van der Waals surface area contributed by atoms with Gasteiger partial charge < -0.3 is 0 Å². The number of rotatable bonds is 2. The average Bonchev–Trinajstić information content (AvgIpc) is 2.31. The van der Waals surface area contributed by atoms with Gasteiger partial charge in [0.1, 0.15) is 17.4 Å². The molecule has 0 radical (unpaired) electrons. The molecule has 0 aliphatic heterocycles. The van der Waals surface area contributed by atoms with Gasteiger partial charge in [-0.15, -0.1) is 0 Å². The van der Waals surface area contributed by atoms with Crippen LogP contribution in [-0.4, -0.2) is 9.97 Å². The van der Waals surface area contributed by atoms with Gasteiger partial charge in [0.15, 0.2) is 0 Å². The molecule has 3 nitrogen and oxygen atoms in total. The Hall–Kier alpha value is -1.57. The molecule has 0 bridgehead atoms. The van der Waals surface area contributed by atoms with E-state index in [1.54, 1.807) is 30.5 Å². The minimum atomic E-state index is 0.591. The molecule has 0 atom stereocenters. The number of nitrogens with zero attached hydrogens (tertiary/aromatic N) is 3. The second kappa shape index (κ2) is 4.97. The Morgan fingerprint density at radius 2 is 2.19 bits per heavy atom. The first-order chi connectivity index (χ1) is 7.79. The van der Waals surface area contributed by atoms with Gasteiger partial charge in [0.2, 0.25) is 0 Å². The molecule has 78 valence electrons. The summed E-state index contributed by atoms with van der Waals surface area (Å²) in [5.41, 5.74) is 0.591. The first kappa shape index (κ1) is 10.9. The topological polar surface area (TPSA) is 49.6 Å². The minimum absolute atomic E-state index is 0.591. The maximum absolute atomic E-state index is 8.95. The third-order valence-corrected chi connectivity index (χ3v) is 3.08. The normalized spacial score (nSPS) is 9.75. The van der Waals surface area contributed by atoms with Gasteiger partial charge in [0.25, 0.3) is 0 Å². The van der Waals surface area contributed by atoms with E-state index >= 15 is 0 Å². The van der Waals surface area contributed by atoms with Gasteiger partial charge in [-0.05, 0) is 24.3 Å². The van der Waals surface area contributed by atoms with Gasteiger partial charge in [-0.25, -0.2) is 9.97 Å². The summed E-state index contributed by atoms with van der Waals surface area (Å²) in [5.74, 6) is 0. The van der Waals surface area contributed by atoms with Crippen LogP contribution in [-0.2, 0) is 0 Å². The van der Waals surface area contributed by atoms with Crippen LogP contribution >= 0.6 is 23.4 Å². The van der Waals surface area contributed by atoms with Crippen LogP contribution in [0.4, 0.5) is 0 Å². The summed E-state index contributed by atoms with van der Waals surface area (Å²) in [4.78, 5) is 8.71. The zero-order valence-electron chi connectivity index (χ0n) is 8.09. The lowest BCUT2D eigenvalue weighted by atomic mass is 10.2. The summed E-state index contributed by atoms with van der Waals surface area (Å²) in [5, 5.41) is 10.3. The Labute approximate surface area is 102 Å². The van der Waals surface area contributed by atoms with E-state index < -0.39 is 0 Å². The van der Waals surface area contributed by atoms with E-state index in [1.807, 2.05) is 0 Å². The quantitative estimate of drug-likeness (QED) is 0.765. The summed E-state index contributed by atoms with van der Waals surface area (Å²) < 4.78 is 0. The van der Waals surface area contributed by atoms with E-state index in [0.717, 1.165) is 9.92 Å². The standard InChI is InChI=1S/C11H6ClN3S/c12-9-2-1-8(6-13)10(5-9)16-11-3-4-14-7-15-11/h1-5,7H. The number of nitriles is 1. The lowest BCUT2D eigenvalue weighted by Crippen LogP contribution is -1.84. The lowest BCUT2D eigenvalue weighted by Gasteiger charge is -2.02. The van der Waals surface area contributed by atoms with Gasteiger partial charge in [0, 0.05) is 16.1 Å². The highest BCUT2D eigenvalue weighted by molar-refractivity contribution is 7.99. The van der Waals surface area contributed by atoms with Crippen molar-refractivity contribution in [2.45, 2.75) is 9.92 Å². The first-order valence-electron chi connectivity index (χ1n) is 4.43. The van der Waals surface area contributed by atoms with Crippen molar-refractivity contribution in [1.29, 1.82) is 5.26 Å². The second-order valence-corrected chi connectivity index (χ2v) is 4.40. The van der Waals surface area contributed by atoms with Crippen LogP contribution in [0.3, 0.4) is 0 Å². The van der Waals surface area contributed by atoms with Crippen LogP contribution in [0, 0.1) is 11.3 Å². The molecule has 2 rings (SSSR count). The average molecular weight is 248 g/mol. The molecule has 5 heteroatoms. The van der Waals surface area contributed by atoms with Crippen LogP contribution in [0.25, 0.3) is 0 Å². The summed E-state index contributed by atoms with van der Waals surface area (Å²) in [6.07, 6.45) is 3.13. The Bertz CT molecular complexity index is 537. The Morgan fingerprint density at radius 1 is 1.31 bits per heavy atom. The molecular formula is C11H6ClN3S. The van der Waals surface area contributed by atoms with Crippen molar-refractivity contribution >= 4 is 23.4 Å². The van der Waals surface area contributed by atoms with Crippen molar-refractivity contribution < 1.29 is 0 Å². The largest absolute Gasteiger partial charge is 0.245 e. The maximum atomic E-state index is 8.95. The zero-order chi connectivity index (χ0) is 11.4. The highest BCUT2D eigenvalue weighted by atomic mass is 35.5. The molecule has 2 aromatic rings. The van der Waals surface area contributed by atoms with E-state index in [0.29, 0.717) is 10.6 Å². The van der Waals surface area contributed by atoms with Gasteiger partial charge in [0.05, 0.1) is 5.56 Å². The molecule has 0 unspecified atom stereocenters. The molecule has 1 aromatic heterocycles. The molecule has 0 saturated carbocycles. The van der Waals surface area contributed by atoms with Gasteiger partial charge >= 0.3 is 0 Å². The van der Waals surface area contributed by atoms with E-state index in [4.69, 9.17) is 16.9 Å². The SMILES string of the molecule is N#Cc1ccc(Cl)cc1Sc1ccncn1. The van der Waals surface area contributed by atoms with Crippen LogP contribution in [0.1, 0.15) is 5.56 Å². The van der Waals surface area contributed by atoms with E-state index in [-0.39, 0.29) is 0 Å². The van der Waals surface area contributed by atoms with Crippen molar-refractivity contribution in [3.63, 3.8) is 0 Å². The Morgan fingerprint density at radius 3 is 2.88 bits per heavy atom. The third-order valence-electron chi connectivity index (χ3n) is 1.83. The monoisotopic (exact) mass is 247 g/mol. The number of hydrogen-bond donors (Lipinski definition) is 0. The fourth-order valence-electron chi connectivity index (χ4n) is 1.12. The minimum Gasteiger partial charge on any atom is -0.245 e. The number of halogens is 1. The smallest absolute Gasteiger partial charge is 0.116 e. The van der Waals surface area contributed by atoms with Gasteiger partial charge in [-0.2, -0.15) is 5.26 Å². The molecule has 0 N–H and O–H groups in total. The summed E-state index contributed by atoms with van der Waals surface area (Å²) in [6, 6.07) is 9.06. The predicted octanol–water partition coefficient (Wildman–Crippen LogP) is 3.15. The number of aromatic nitrogens is 2. The summed E-state index contributed by atoms with van der Waals surface area (Å²) >= 11 is 7.28. The molecule has 0 spiro atoms. The third kappa shape index (κ3) is 2.51. The molecule has 1 aromatic carbocycles. The number of benzene rings is 1. The van der Waals surface area contributed by atoms with Gasteiger partial charge in [-0.3, -0.25) is 0 Å². The summed E-state index contributed by atoms with van der Waals surface area (Å²) in [7, 11) is 0. The van der Waals surface area contributed by atoms with Crippen molar-refractivity contribution in [3.05, 3.63) is 47.4 Å². The van der Waals surface area contributed by atoms with Crippen LogP contribution in [0.15, 0.2) is 46.7 Å². The van der Waals surface area contributed by atoms with Gasteiger partial charge in [-0.1, -0.05) is 23.4 Å². The fraction of sp³-hybridized carbons (Fsp3) is 0. The van der Waals surface area contributed by atoms with Crippen molar-refractivity contribution in [1.82, 2.24) is 9.97 Å². The Kier molecular flexibility index (Phi) is 3.40. The van der Waals surface area contributed by atoms with Crippen molar-refractivity contribution in [3.8, 4) is 6.07 Å². The van der Waals surface area contributed by atoms with Crippen LogP contribution < -0.4 is 0 Å². The molecule has 0 saturated heterocycles. The molecule has 0 fully saturated rings. The highest BCUT2D eigenvalue weighted by Gasteiger charge is 2.05. The highest BCUT2D eigenvalue weighted by Crippen LogP contribution is 2.30. The zero-order valence-corrected chi connectivity index (χ0v) is 9.66.